The zero-order valence-electron chi connectivity index (χ0n) is 15.3. The Bertz CT molecular complexity index is 703. The summed E-state index contributed by atoms with van der Waals surface area (Å²) in [6.45, 7) is 3.10. The second-order valence-corrected chi connectivity index (χ2v) is 9.23. The van der Waals surface area contributed by atoms with E-state index < -0.39 is 0 Å². The standard InChI is InChI=1S/C20H29ClN4/c1-23-11-18-19(12-23)16-10-14(21)8-9-17(16)24(2)20(19,22)13-25(18)15-6-4-3-5-7-15/h8-10,15,18H,3-7,11-13,22H2,1-2H3. The summed E-state index contributed by atoms with van der Waals surface area (Å²) in [5, 5.41) is 0.829. The molecule has 0 aromatic heterocycles. The number of likely N-dealkylation sites (tertiary alicyclic amines) is 2. The molecule has 3 heterocycles. The fraction of sp³-hybridized carbons (Fsp3) is 0.700. The van der Waals surface area contributed by atoms with Crippen LogP contribution in [0.25, 0.3) is 0 Å². The van der Waals surface area contributed by atoms with Gasteiger partial charge in [-0.05, 0) is 43.7 Å². The highest BCUT2D eigenvalue weighted by molar-refractivity contribution is 6.30. The van der Waals surface area contributed by atoms with Crippen molar-refractivity contribution in [2.75, 3.05) is 38.6 Å². The molecule has 3 fully saturated rings. The Morgan fingerprint density at radius 2 is 1.88 bits per heavy atom. The maximum Gasteiger partial charge on any atom is 0.114 e. The van der Waals surface area contributed by atoms with Crippen molar-refractivity contribution in [3.63, 3.8) is 0 Å². The van der Waals surface area contributed by atoms with E-state index in [1.807, 2.05) is 6.07 Å². The van der Waals surface area contributed by atoms with E-state index in [2.05, 4.69) is 40.9 Å². The molecule has 5 heteroatoms. The molecule has 4 aliphatic rings. The number of halogens is 1. The van der Waals surface area contributed by atoms with Crippen LogP contribution in [-0.2, 0) is 5.41 Å². The summed E-state index contributed by atoms with van der Waals surface area (Å²) in [5.74, 6) is 0. The molecule has 3 aliphatic heterocycles. The number of hydrogen-bond donors (Lipinski definition) is 1. The van der Waals surface area contributed by atoms with Gasteiger partial charge in [0.2, 0.25) is 0 Å². The van der Waals surface area contributed by atoms with Crippen molar-refractivity contribution in [1.29, 1.82) is 0 Å². The van der Waals surface area contributed by atoms with Gasteiger partial charge in [-0.1, -0.05) is 30.9 Å². The molecule has 2 N–H and O–H groups in total. The topological polar surface area (TPSA) is 35.7 Å². The average molecular weight is 361 g/mol. The van der Waals surface area contributed by atoms with E-state index >= 15 is 0 Å². The van der Waals surface area contributed by atoms with Crippen LogP contribution in [0.1, 0.15) is 37.7 Å². The average Bonchev–Trinajstić information content (AvgIpc) is 3.13. The van der Waals surface area contributed by atoms with Crippen LogP contribution in [-0.4, -0.2) is 61.3 Å². The summed E-state index contributed by atoms with van der Waals surface area (Å²) < 4.78 is 0. The number of nitrogens with two attached hydrogens (primary N) is 1. The predicted octanol–water partition coefficient (Wildman–Crippen LogP) is 2.64. The Kier molecular flexibility index (Phi) is 3.50. The molecule has 0 radical (unpaired) electrons. The monoisotopic (exact) mass is 360 g/mol. The predicted molar refractivity (Wildman–Crippen MR) is 103 cm³/mol. The Labute approximate surface area is 155 Å². The van der Waals surface area contributed by atoms with E-state index in [-0.39, 0.29) is 11.1 Å². The number of likely N-dealkylation sites (N-methyl/N-ethyl adjacent to an activating group) is 2. The zero-order valence-corrected chi connectivity index (χ0v) is 16.1. The lowest BCUT2D eigenvalue weighted by Crippen LogP contribution is -2.65. The van der Waals surface area contributed by atoms with Crippen LogP contribution in [0.5, 0.6) is 0 Å². The first kappa shape index (κ1) is 16.4. The molecule has 2 saturated heterocycles. The maximum atomic E-state index is 7.26. The van der Waals surface area contributed by atoms with E-state index in [1.165, 1.54) is 43.4 Å². The summed E-state index contributed by atoms with van der Waals surface area (Å²) in [7, 11) is 4.43. The van der Waals surface area contributed by atoms with Gasteiger partial charge in [-0.25, -0.2) is 0 Å². The van der Waals surface area contributed by atoms with E-state index in [4.69, 9.17) is 17.3 Å². The van der Waals surface area contributed by atoms with E-state index in [9.17, 15) is 0 Å². The van der Waals surface area contributed by atoms with Gasteiger partial charge in [0.05, 0.1) is 5.41 Å². The molecular weight excluding hydrogens is 332 g/mol. The van der Waals surface area contributed by atoms with Crippen LogP contribution in [0.15, 0.2) is 18.2 Å². The second kappa shape index (κ2) is 5.35. The van der Waals surface area contributed by atoms with E-state index in [0.717, 1.165) is 24.7 Å². The molecule has 3 atom stereocenters. The lowest BCUT2D eigenvalue weighted by Gasteiger charge is -2.41. The fourth-order valence-corrected chi connectivity index (χ4v) is 6.63. The summed E-state index contributed by atoms with van der Waals surface area (Å²) in [6.07, 6.45) is 6.79. The van der Waals surface area contributed by atoms with Crippen LogP contribution in [0, 0.1) is 0 Å². The molecule has 1 aliphatic carbocycles. The maximum absolute atomic E-state index is 7.26. The normalized spacial score (nSPS) is 38.9. The van der Waals surface area contributed by atoms with Crippen molar-refractivity contribution in [3.05, 3.63) is 28.8 Å². The first-order valence-corrected chi connectivity index (χ1v) is 10.1. The minimum absolute atomic E-state index is 0.0336. The van der Waals surface area contributed by atoms with Crippen LogP contribution in [0.2, 0.25) is 5.02 Å². The molecule has 3 unspecified atom stereocenters. The van der Waals surface area contributed by atoms with Crippen molar-refractivity contribution in [2.24, 2.45) is 5.73 Å². The van der Waals surface area contributed by atoms with Crippen molar-refractivity contribution in [2.45, 2.75) is 55.3 Å². The minimum atomic E-state index is -0.340. The first-order chi connectivity index (χ1) is 12.0. The molecule has 0 bridgehead atoms. The SMILES string of the molecule is CN1CC2N(C3CCCCC3)CC3(N)N(C)c4ccc(Cl)cc4C23C1. The first-order valence-electron chi connectivity index (χ1n) is 9.74. The number of nitrogens with zero attached hydrogens (tertiary/aromatic N) is 3. The molecule has 0 amide bonds. The van der Waals surface area contributed by atoms with Gasteiger partial charge in [0.1, 0.15) is 5.66 Å². The van der Waals surface area contributed by atoms with Gasteiger partial charge in [-0.15, -0.1) is 0 Å². The van der Waals surface area contributed by atoms with E-state index in [1.54, 1.807) is 0 Å². The molecule has 1 spiro atoms. The van der Waals surface area contributed by atoms with Gasteiger partial charge in [0.25, 0.3) is 0 Å². The molecular formula is C20H29ClN4. The van der Waals surface area contributed by atoms with Crippen LogP contribution in [0.3, 0.4) is 0 Å². The highest BCUT2D eigenvalue weighted by atomic mass is 35.5. The Morgan fingerprint density at radius 1 is 1.12 bits per heavy atom. The largest absolute Gasteiger partial charge is 0.354 e. The highest BCUT2D eigenvalue weighted by Gasteiger charge is 2.71. The Balaban J connectivity index is 1.65. The summed E-state index contributed by atoms with van der Waals surface area (Å²) in [5.41, 5.74) is 9.53. The van der Waals surface area contributed by atoms with Crippen molar-refractivity contribution in [3.8, 4) is 0 Å². The number of benzene rings is 1. The summed E-state index contributed by atoms with van der Waals surface area (Å²) >= 11 is 6.43. The smallest absolute Gasteiger partial charge is 0.114 e. The lowest BCUT2D eigenvalue weighted by atomic mass is 9.72. The fourth-order valence-electron chi connectivity index (χ4n) is 6.46. The van der Waals surface area contributed by atoms with Crippen molar-refractivity contribution in [1.82, 2.24) is 9.80 Å². The van der Waals surface area contributed by atoms with E-state index in [0.29, 0.717) is 12.1 Å². The molecule has 136 valence electrons. The van der Waals surface area contributed by atoms with Gasteiger partial charge in [0, 0.05) is 49.5 Å². The van der Waals surface area contributed by atoms with Crippen molar-refractivity contribution >= 4 is 17.3 Å². The Morgan fingerprint density at radius 3 is 2.64 bits per heavy atom. The van der Waals surface area contributed by atoms with Gasteiger partial charge in [-0.3, -0.25) is 4.90 Å². The second-order valence-electron chi connectivity index (χ2n) is 8.79. The Hall–Kier alpha value is -0.810. The van der Waals surface area contributed by atoms with Gasteiger partial charge < -0.3 is 15.5 Å². The molecule has 4 nitrogen and oxygen atoms in total. The van der Waals surface area contributed by atoms with Gasteiger partial charge >= 0.3 is 0 Å². The third-order valence-electron chi connectivity index (χ3n) is 7.61. The highest BCUT2D eigenvalue weighted by Crippen LogP contribution is 2.59. The molecule has 1 aromatic carbocycles. The minimum Gasteiger partial charge on any atom is -0.354 e. The molecule has 25 heavy (non-hydrogen) atoms. The number of hydrogen-bond acceptors (Lipinski definition) is 4. The van der Waals surface area contributed by atoms with Crippen LogP contribution < -0.4 is 10.6 Å². The van der Waals surface area contributed by atoms with Crippen LogP contribution >= 0.6 is 11.6 Å². The molecule has 1 saturated carbocycles. The summed E-state index contributed by atoms with van der Waals surface area (Å²) in [6, 6.07) is 7.56. The molecule has 5 rings (SSSR count). The van der Waals surface area contributed by atoms with Gasteiger partial charge in [0.15, 0.2) is 0 Å². The zero-order chi connectivity index (χ0) is 17.4. The molecule has 1 aromatic rings. The number of fused-ring (bicyclic) bond motifs is 1. The van der Waals surface area contributed by atoms with Gasteiger partial charge in [-0.2, -0.15) is 0 Å². The quantitative estimate of drug-likeness (QED) is 0.835. The lowest BCUT2D eigenvalue weighted by molar-refractivity contribution is 0.128. The van der Waals surface area contributed by atoms with Crippen LogP contribution in [0.4, 0.5) is 5.69 Å². The summed E-state index contributed by atoms with van der Waals surface area (Å²) in [4.78, 5) is 7.61. The number of rotatable bonds is 1. The third kappa shape index (κ3) is 1.94. The van der Waals surface area contributed by atoms with Crippen molar-refractivity contribution < 1.29 is 0 Å². The number of anilines is 1. The third-order valence-corrected chi connectivity index (χ3v) is 7.85.